The van der Waals surface area contributed by atoms with Crippen LogP contribution in [0.15, 0.2) is 109 Å². The van der Waals surface area contributed by atoms with Crippen molar-refractivity contribution < 1.29 is 28.6 Å². The number of carbonyl (C=O) groups excluding carboxylic acids is 3. The molecule has 416 valence electrons. The van der Waals surface area contributed by atoms with Gasteiger partial charge in [-0.3, -0.25) is 14.4 Å². The third kappa shape index (κ3) is 58.8. The molecule has 6 nitrogen and oxygen atoms in total. The molecule has 0 aromatic carbocycles. The summed E-state index contributed by atoms with van der Waals surface area (Å²) >= 11 is 0. The third-order valence-corrected chi connectivity index (χ3v) is 12.7. The number of esters is 3. The van der Waals surface area contributed by atoms with Gasteiger partial charge in [-0.25, -0.2) is 0 Å². The molecule has 0 aliphatic carbocycles. The van der Waals surface area contributed by atoms with Crippen molar-refractivity contribution in [3.8, 4) is 0 Å². The van der Waals surface area contributed by atoms with Crippen LogP contribution in [0.5, 0.6) is 0 Å². The molecule has 73 heavy (non-hydrogen) atoms. The van der Waals surface area contributed by atoms with Crippen LogP contribution in [0.1, 0.15) is 278 Å². The van der Waals surface area contributed by atoms with Crippen LogP contribution in [0, 0.1) is 0 Å². The Morgan fingerprint density at radius 2 is 0.562 bits per heavy atom. The lowest BCUT2D eigenvalue weighted by atomic mass is 10.1. The first-order chi connectivity index (χ1) is 36.0. The van der Waals surface area contributed by atoms with E-state index in [1.807, 2.05) is 6.08 Å². The summed E-state index contributed by atoms with van der Waals surface area (Å²) in [4.78, 5) is 38.2. The van der Waals surface area contributed by atoms with Crippen molar-refractivity contribution >= 4 is 17.9 Å². The molecule has 0 saturated heterocycles. The summed E-state index contributed by atoms with van der Waals surface area (Å²) in [7, 11) is 0. The van der Waals surface area contributed by atoms with Crippen LogP contribution in [0.3, 0.4) is 0 Å². The minimum Gasteiger partial charge on any atom is -0.462 e. The fourth-order valence-corrected chi connectivity index (χ4v) is 8.20. The summed E-state index contributed by atoms with van der Waals surface area (Å²) in [6.07, 6.45) is 82.3. The molecule has 0 heterocycles. The second-order valence-electron chi connectivity index (χ2n) is 19.9. The predicted octanol–water partition coefficient (Wildman–Crippen LogP) is 20.7. The standard InChI is InChI=1S/C67H112O6/c1-4-7-10-13-16-19-22-25-28-31-33-36-39-42-45-48-51-54-57-60-66(69)72-63-64(62-71-65(68)59-56-53-50-47-44-41-38-35-30-27-24-21-18-15-12-9-6-3)73-67(70)61-58-55-52-49-46-43-40-37-34-32-29-26-23-20-17-14-11-8-5-2/h7,10,16-17,19-20,25-30,33,36,42,45,51,54,64H,4-6,8-9,11-15,18,21-24,31-32,34-35,37-41,43-44,46-50,52-53,55-63H2,1-3H3/b10-7+,19-16+,20-17+,28-25+,29-26+,30-27+,36-33+,45-42+,54-51+/t64-/m1/s1. The van der Waals surface area contributed by atoms with Gasteiger partial charge in [0, 0.05) is 19.3 Å². The maximum absolute atomic E-state index is 12.9. The van der Waals surface area contributed by atoms with Gasteiger partial charge in [0.25, 0.3) is 0 Å². The summed E-state index contributed by atoms with van der Waals surface area (Å²) in [5.41, 5.74) is 0. The van der Waals surface area contributed by atoms with E-state index in [9.17, 15) is 14.4 Å². The van der Waals surface area contributed by atoms with E-state index in [0.29, 0.717) is 19.3 Å². The number of unbranched alkanes of at least 4 members (excludes halogenated alkanes) is 25. The van der Waals surface area contributed by atoms with Crippen LogP contribution in [0.2, 0.25) is 0 Å². The molecule has 0 bridgehead atoms. The second kappa shape index (κ2) is 60.6. The van der Waals surface area contributed by atoms with Gasteiger partial charge in [-0.2, -0.15) is 0 Å². The smallest absolute Gasteiger partial charge is 0.306 e. The van der Waals surface area contributed by atoms with Gasteiger partial charge < -0.3 is 14.2 Å². The van der Waals surface area contributed by atoms with E-state index < -0.39 is 6.10 Å². The Labute approximate surface area is 450 Å². The predicted molar refractivity (Wildman–Crippen MR) is 316 cm³/mol. The molecule has 0 unspecified atom stereocenters. The van der Waals surface area contributed by atoms with E-state index in [2.05, 4.69) is 124 Å². The minimum absolute atomic E-state index is 0.106. The highest BCUT2D eigenvalue weighted by Gasteiger charge is 2.19. The van der Waals surface area contributed by atoms with Crippen molar-refractivity contribution in [2.24, 2.45) is 0 Å². The first kappa shape index (κ1) is 69.1. The number of hydrogen-bond acceptors (Lipinski definition) is 6. The zero-order valence-corrected chi connectivity index (χ0v) is 47.6. The Bertz CT molecular complexity index is 1490. The second-order valence-corrected chi connectivity index (χ2v) is 19.9. The first-order valence-corrected chi connectivity index (χ1v) is 30.4. The highest BCUT2D eigenvalue weighted by Crippen LogP contribution is 2.15. The van der Waals surface area contributed by atoms with Crippen molar-refractivity contribution in [1.29, 1.82) is 0 Å². The number of allylic oxidation sites excluding steroid dienone is 18. The molecule has 1 atom stereocenters. The lowest BCUT2D eigenvalue weighted by Crippen LogP contribution is -2.30. The van der Waals surface area contributed by atoms with Gasteiger partial charge in [-0.05, 0) is 116 Å². The van der Waals surface area contributed by atoms with E-state index in [1.54, 1.807) is 0 Å². The van der Waals surface area contributed by atoms with Crippen LogP contribution in [0.4, 0.5) is 0 Å². The van der Waals surface area contributed by atoms with Crippen molar-refractivity contribution in [1.82, 2.24) is 0 Å². The van der Waals surface area contributed by atoms with Gasteiger partial charge in [0.1, 0.15) is 13.2 Å². The molecule has 0 fully saturated rings. The first-order valence-electron chi connectivity index (χ1n) is 30.4. The van der Waals surface area contributed by atoms with E-state index in [4.69, 9.17) is 14.2 Å². The third-order valence-electron chi connectivity index (χ3n) is 12.7. The lowest BCUT2D eigenvalue weighted by Gasteiger charge is -2.18. The highest BCUT2D eigenvalue weighted by atomic mass is 16.6. The maximum Gasteiger partial charge on any atom is 0.306 e. The molecule has 0 amide bonds. The van der Waals surface area contributed by atoms with E-state index in [-0.39, 0.29) is 37.5 Å². The Balaban J connectivity index is 4.51. The monoisotopic (exact) mass is 1010 g/mol. The van der Waals surface area contributed by atoms with Crippen LogP contribution >= 0.6 is 0 Å². The summed E-state index contributed by atoms with van der Waals surface area (Å²) in [5, 5.41) is 0. The van der Waals surface area contributed by atoms with Gasteiger partial charge in [-0.1, -0.05) is 252 Å². The molecule has 0 aromatic heterocycles. The Hall–Kier alpha value is -3.93. The van der Waals surface area contributed by atoms with Crippen LogP contribution in [-0.2, 0) is 28.6 Å². The van der Waals surface area contributed by atoms with Crippen molar-refractivity contribution in [2.75, 3.05) is 13.2 Å². The molecule has 0 spiro atoms. The molecular formula is C67H112O6. The summed E-state index contributed by atoms with van der Waals surface area (Å²) in [6, 6.07) is 0. The van der Waals surface area contributed by atoms with Crippen molar-refractivity contribution in [2.45, 2.75) is 284 Å². The van der Waals surface area contributed by atoms with Crippen molar-refractivity contribution in [3.05, 3.63) is 109 Å². The normalized spacial score (nSPS) is 12.9. The molecule has 0 rings (SSSR count). The van der Waals surface area contributed by atoms with Gasteiger partial charge in [0.2, 0.25) is 0 Å². The summed E-state index contributed by atoms with van der Waals surface area (Å²) in [6.45, 7) is 6.44. The zero-order chi connectivity index (χ0) is 52.9. The van der Waals surface area contributed by atoms with Crippen molar-refractivity contribution in [3.63, 3.8) is 0 Å². The molecular weight excluding hydrogens is 901 g/mol. The topological polar surface area (TPSA) is 78.9 Å². The molecule has 0 saturated carbocycles. The van der Waals surface area contributed by atoms with E-state index in [0.717, 1.165) is 83.5 Å². The maximum atomic E-state index is 12.9. The van der Waals surface area contributed by atoms with Gasteiger partial charge in [0.05, 0.1) is 0 Å². The number of rotatable bonds is 54. The van der Waals surface area contributed by atoms with Gasteiger partial charge in [-0.15, -0.1) is 0 Å². The zero-order valence-electron chi connectivity index (χ0n) is 47.6. The van der Waals surface area contributed by atoms with Crippen LogP contribution in [0.25, 0.3) is 0 Å². The molecule has 0 N–H and O–H groups in total. The average Bonchev–Trinajstić information content (AvgIpc) is 3.39. The quantitative estimate of drug-likeness (QED) is 0.0261. The molecule has 6 heteroatoms. The summed E-state index contributed by atoms with van der Waals surface area (Å²) < 4.78 is 16.8. The SMILES string of the molecule is CC/C=C/C/C=C/C/C=C/C/C=C/C/C=C/C/C=C/CCC(=O)OC[C@@H](COC(=O)CCCCCCCCC/C=C/CCCCCCCC)OC(=O)CCCCCCCCCCC/C=C/C/C=C/CCCCC. The van der Waals surface area contributed by atoms with Gasteiger partial charge >= 0.3 is 17.9 Å². The molecule has 0 radical (unpaired) electrons. The fourth-order valence-electron chi connectivity index (χ4n) is 8.20. The Morgan fingerprint density at radius 1 is 0.288 bits per heavy atom. The number of carbonyl (C=O) groups is 3. The fraction of sp³-hybridized carbons (Fsp3) is 0.687. The number of ether oxygens (including phenoxy) is 3. The number of hydrogen-bond donors (Lipinski definition) is 0. The Kier molecular flexibility index (Phi) is 57.4. The molecule has 0 aromatic rings. The van der Waals surface area contributed by atoms with Gasteiger partial charge in [0.15, 0.2) is 6.10 Å². The largest absolute Gasteiger partial charge is 0.462 e. The summed E-state index contributed by atoms with van der Waals surface area (Å²) in [5.74, 6) is -0.998. The Morgan fingerprint density at radius 3 is 0.959 bits per heavy atom. The highest BCUT2D eigenvalue weighted by molar-refractivity contribution is 5.71. The minimum atomic E-state index is -0.815. The lowest BCUT2D eigenvalue weighted by molar-refractivity contribution is -0.166. The van der Waals surface area contributed by atoms with Crippen LogP contribution in [-0.4, -0.2) is 37.2 Å². The van der Waals surface area contributed by atoms with E-state index >= 15 is 0 Å². The molecule has 0 aliphatic heterocycles. The van der Waals surface area contributed by atoms with E-state index in [1.165, 1.54) is 148 Å². The average molecular weight is 1010 g/mol. The molecule has 0 aliphatic rings. The van der Waals surface area contributed by atoms with Crippen LogP contribution < -0.4 is 0 Å².